The van der Waals surface area contributed by atoms with Gasteiger partial charge >= 0.3 is 12.0 Å². The molecule has 0 bridgehead atoms. The van der Waals surface area contributed by atoms with Crippen LogP contribution in [0.2, 0.25) is 0 Å². The van der Waals surface area contributed by atoms with Gasteiger partial charge in [0.25, 0.3) is 0 Å². The summed E-state index contributed by atoms with van der Waals surface area (Å²) in [4.78, 5) is 23.0. The van der Waals surface area contributed by atoms with Gasteiger partial charge in [-0.05, 0) is 37.8 Å². The van der Waals surface area contributed by atoms with E-state index < -0.39 is 11.9 Å². The maximum Gasteiger partial charge on any atom is 0.319 e. The maximum absolute atomic E-state index is 11.8. The van der Waals surface area contributed by atoms with Crippen molar-refractivity contribution < 1.29 is 14.7 Å². The number of aryl methyl sites for hydroxylation is 2. The Labute approximate surface area is 125 Å². The molecule has 21 heavy (non-hydrogen) atoms. The second-order valence-electron chi connectivity index (χ2n) is 5.82. The first-order valence-electron chi connectivity index (χ1n) is 7.14. The average Bonchev–Trinajstić information content (AvgIpc) is 2.37. The van der Waals surface area contributed by atoms with Gasteiger partial charge in [0.05, 0.1) is 5.92 Å². The fourth-order valence-corrected chi connectivity index (χ4v) is 2.18. The van der Waals surface area contributed by atoms with Crippen LogP contribution in [0.4, 0.5) is 10.5 Å². The van der Waals surface area contributed by atoms with E-state index in [-0.39, 0.29) is 18.5 Å². The molecule has 0 saturated heterocycles. The van der Waals surface area contributed by atoms with Crippen molar-refractivity contribution in [3.63, 3.8) is 0 Å². The Bertz CT molecular complexity index is 512. The molecule has 0 aromatic heterocycles. The molecule has 0 aliphatic rings. The number of carboxylic acid groups (broad SMARTS) is 1. The van der Waals surface area contributed by atoms with E-state index in [0.717, 1.165) is 16.8 Å². The number of hydrogen-bond acceptors (Lipinski definition) is 2. The third-order valence-corrected chi connectivity index (χ3v) is 3.24. The van der Waals surface area contributed by atoms with E-state index in [1.165, 1.54) is 0 Å². The van der Waals surface area contributed by atoms with Crippen molar-refractivity contribution in [2.75, 3.05) is 11.9 Å². The van der Waals surface area contributed by atoms with Gasteiger partial charge in [-0.1, -0.05) is 31.5 Å². The van der Waals surface area contributed by atoms with Gasteiger partial charge in [-0.25, -0.2) is 4.79 Å². The highest BCUT2D eigenvalue weighted by atomic mass is 16.4. The van der Waals surface area contributed by atoms with E-state index in [4.69, 9.17) is 5.11 Å². The lowest BCUT2D eigenvalue weighted by Gasteiger charge is -2.16. The van der Waals surface area contributed by atoms with Gasteiger partial charge in [0.2, 0.25) is 0 Å². The Kier molecular flexibility index (Phi) is 6.21. The quantitative estimate of drug-likeness (QED) is 0.753. The number of anilines is 1. The molecule has 2 amide bonds. The molecule has 0 aliphatic heterocycles. The lowest BCUT2D eigenvalue weighted by Crippen LogP contribution is -2.36. The fourth-order valence-electron chi connectivity index (χ4n) is 2.18. The number of benzene rings is 1. The monoisotopic (exact) mass is 292 g/mol. The normalized spacial score (nSPS) is 12.0. The van der Waals surface area contributed by atoms with Gasteiger partial charge in [-0.2, -0.15) is 0 Å². The molecular formula is C16H24N2O3. The molecule has 1 unspecified atom stereocenters. The lowest BCUT2D eigenvalue weighted by atomic mass is 9.97. The largest absolute Gasteiger partial charge is 0.481 e. The molecule has 0 saturated carbocycles. The van der Waals surface area contributed by atoms with E-state index in [2.05, 4.69) is 10.6 Å². The van der Waals surface area contributed by atoms with Gasteiger partial charge in [0.15, 0.2) is 0 Å². The molecule has 0 spiro atoms. The number of hydrogen-bond donors (Lipinski definition) is 3. The zero-order chi connectivity index (χ0) is 16.0. The van der Waals surface area contributed by atoms with Gasteiger partial charge < -0.3 is 15.7 Å². The summed E-state index contributed by atoms with van der Waals surface area (Å²) >= 11 is 0. The minimum atomic E-state index is -0.879. The van der Waals surface area contributed by atoms with Crippen LogP contribution in [0.25, 0.3) is 0 Å². The summed E-state index contributed by atoms with van der Waals surface area (Å²) in [5.41, 5.74) is 2.83. The van der Waals surface area contributed by atoms with Crippen LogP contribution in [0, 0.1) is 25.7 Å². The molecule has 5 heteroatoms. The SMILES string of the molecule is Cc1ccc(NC(=O)NCC(CC(C)C)C(=O)O)c(C)c1. The second kappa shape index (κ2) is 7.67. The van der Waals surface area contributed by atoms with Crippen LogP contribution >= 0.6 is 0 Å². The molecule has 5 nitrogen and oxygen atoms in total. The van der Waals surface area contributed by atoms with Crippen LogP contribution in [0.3, 0.4) is 0 Å². The molecular weight excluding hydrogens is 268 g/mol. The van der Waals surface area contributed by atoms with E-state index >= 15 is 0 Å². The lowest BCUT2D eigenvalue weighted by molar-refractivity contribution is -0.142. The van der Waals surface area contributed by atoms with Crippen LogP contribution in [-0.2, 0) is 4.79 Å². The van der Waals surface area contributed by atoms with Crippen molar-refractivity contribution in [2.45, 2.75) is 34.1 Å². The Balaban J connectivity index is 2.54. The number of amides is 2. The molecule has 0 heterocycles. The van der Waals surface area contributed by atoms with Crippen molar-refractivity contribution in [1.82, 2.24) is 5.32 Å². The first-order chi connectivity index (χ1) is 9.79. The van der Waals surface area contributed by atoms with Crippen molar-refractivity contribution in [3.05, 3.63) is 29.3 Å². The molecule has 116 valence electrons. The van der Waals surface area contributed by atoms with Gasteiger partial charge in [-0.15, -0.1) is 0 Å². The minimum Gasteiger partial charge on any atom is -0.481 e. The molecule has 0 fully saturated rings. The Morgan fingerprint density at radius 2 is 1.90 bits per heavy atom. The van der Waals surface area contributed by atoms with Crippen molar-refractivity contribution in [3.8, 4) is 0 Å². The van der Waals surface area contributed by atoms with Crippen molar-refractivity contribution >= 4 is 17.7 Å². The summed E-state index contributed by atoms with van der Waals surface area (Å²) in [6.07, 6.45) is 0.541. The molecule has 1 aromatic carbocycles. The van der Waals surface area contributed by atoms with Crippen molar-refractivity contribution in [1.29, 1.82) is 0 Å². The smallest absolute Gasteiger partial charge is 0.319 e. The molecule has 3 N–H and O–H groups in total. The Morgan fingerprint density at radius 3 is 2.43 bits per heavy atom. The van der Waals surface area contributed by atoms with Crippen molar-refractivity contribution in [2.24, 2.45) is 11.8 Å². The Morgan fingerprint density at radius 1 is 1.24 bits per heavy atom. The molecule has 1 aromatic rings. The Hall–Kier alpha value is -2.04. The van der Waals surface area contributed by atoms with Gasteiger partial charge in [0.1, 0.15) is 0 Å². The highest BCUT2D eigenvalue weighted by molar-refractivity contribution is 5.90. The predicted molar refractivity (Wildman–Crippen MR) is 83.5 cm³/mol. The minimum absolute atomic E-state index is 0.129. The number of aliphatic carboxylic acids is 1. The highest BCUT2D eigenvalue weighted by Crippen LogP contribution is 2.16. The summed E-state index contributed by atoms with van der Waals surface area (Å²) < 4.78 is 0. The first-order valence-corrected chi connectivity index (χ1v) is 7.14. The first kappa shape index (κ1) is 17.0. The summed E-state index contributed by atoms with van der Waals surface area (Å²) in [7, 11) is 0. The third kappa shape index (κ3) is 5.85. The number of nitrogens with one attached hydrogen (secondary N) is 2. The zero-order valence-electron chi connectivity index (χ0n) is 13.1. The van der Waals surface area contributed by atoms with Gasteiger partial charge in [-0.3, -0.25) is 4.79 Å². The predicted octanol–water partition coefficient (Wildman–Crippen LogP) is 3.17. The summed E-state index contributed by atoms with van der Waals surface area (Å²) in [5.74, 6) is -1.17. The maximum atomic E-state index is 11.8. The number of urea groups is 1. The third-order valence-electron chi connectivity index (χ3n) is 3.24. The van der Waals surface area contributed by atoms with Crippen LogP contribution < -0.4 is 10.6 Å². The van der Waals surface area contributed by atoms with Gasteiger partial charge in [0, 0.05) is 12.2 Å². The fraction of sp³-hybridized carbons (Fsp3) is 0.500. The topological polar surface area (TPSA) is 78.4 Å². The zero-order valence-corrected chi connectivity index (χ0v) is 13.1. The van der Waals surface area contributed by atoms with E-state index in [9.17, 15) is 9.59 Å². The molecule has 1 atom stereocenters. The van der Waals surface area contributed by atoms with E-state index in [0.29, 0.717) is 6.42 Å². The summed E-state index contributed by atoms with van der Waals surface area (Å²) in [6.45, 7) is 7.96. The number of carboxylic acids is 1. The number of carbonyl (C=O) groups is 2. The highest BCUT2D eigenvalue weighted by Gasteiger charge is 2.19. The average molecular weight is 292 g/mol. The standard InChI is InChI=1S/C16H24N2O3/c1-10(2)7-13(15(19)20)9-17-16(21)18-14-6-5-11(3)8-12(14)4/h5-6,8,10,13H,7,9H2,1-4H3,(H,19,20)(H2,17,18,21). The molecule has 0 aliphatic carbocycles. The molecule has 1 rings (SSSR count). The summed E-state index contributed by atoms with van der Waals surface area (Å²) in [5, 5.41) is 14.5. The van der Waals surface area contributed by atoms with E-state index in [1.54, 1.807) is 0 Å². The van der Waals surface area contributed by atoms with E-state index in [1.807, 2.05) is 45.9 Å². The second-order valence-corrected chi connectivity index (χ2v) is 5.82. The van der Waals surface area contributed by atoms with Crippen LogP contribution in [-0.4, -0.2) is 23.7 Å². The summed E-state index contributed by atoms with van der Waals surface area (Å²) in [6, 6.07) is 5.36. The molecule has 0 radical (unpaired) electrons. The number of rotatable bonds is 6. The van der Waals surface area contributed by atoms with Crippen LogP contribution in [0.15, 0.2) is 18.2 Å². The number of carbonyl (C=O) groups excluding carboxylic acids is 1. The van der Waals surface area contributed by atoms with Crippen LogP contribution in [0.1, 0.15) is 31.4 Å². The van der Waals surface area contributed by atoms with Crippen LogP contribution in [0.5, 0.6) is 0 Å².